The Morgan fingerprint density at radius 3 is 1.75 bits per heavy atom. The van der Waals surface area contributed by atoms with Crippen LogP contribution < -0.4 is 5.73 Å². The van der Waals surface area contributed by atoms with Crippen LogP contribution in [0.1, 0.15) is 22.3 Å². The molecule has 1 unspecified atom stereocenters. The molecule has 1 aliphatic rings. The molecule has 0 radical (unpaired) electrons. The predicted molar refractivity (Wildman–Crippen MR) is 138 cm³/mol. The minimum absolute atomic E-state index is 0.0855. The molecule has 1 saturated heterocycles. The van der Waals surface area contributed by atoms with Crippen molar-refractivity contribution in [2.45, 2.75) is 17.2 Å². The molecule has 1 aliphatic heterocycles. The molecule has 5 rings (SSSR count). The second-order valence-corrected chi connectivity index (χ2v) is 9.25. The molecule has 0 saturated carbocycles. The van der Waals surface area contributed by atoms with Gasteiger partial charge in [-0.1, -0.05) is 109 Å². The SMILES string of the molecule is N[C@@]1(c2ccccc2F)CO[C@H](COC(c2ccccc2)(c2ccccc2)c2ccccc2)C1CO. The molecular weight excluding hydrogens is 453 g/mol. The van der Waals surface area contributed by atoms with E-state index < -0.39 is 29.0 Å². The van der Waals surface area contributed by atoms with Crippen molar-refractivity contribution in [3.63, 3.8) is 0 Å². The fourth-order valence-corrected chi connectivity index (χ4v) is 5.34. The van der Waals surface area contributed by atoms with Gasteiger partial charge in [-0.25, -0.2) is 4.39 Å². The van der Waals surface area contributed by atoms with Crippen molar-refractivity contribution in [3.05, 3.63) is 143 Å². The quantitative estimate of drug-likeness (QED) is 0.347. The summed E-state index contributed by atoms with van der Waals surface area (Å²) >= 11 is 0. The van der Waals surface area contributed by atoms with Crippen LogP contribution in [0.3, 0.4) is 0 Å². The Hall–Kier alpha value is -3.35. The smallest absolute Gasteiger partial charge is 0.143 e. The maximum Gasteiger partial charge on any atom is 0.143 e. The van der Waals surface area contributed by atoms with Gasteiger partial charge in [-0.15, -0.1) is 0 Å². The van der Waals surface area contributed by atoms with Gasteiger partial charge in [0.1, 0.15) is 11.4 Å². The van der Waals surface area contributed by atoms with Crippen molar-refractivity contribution in [1.29, 1.82) is 0 Å². The van der Waals surface area contributed by atoms with E-state index in [2.05, 4.69) is 0 Å². The molecule has 0 amide bonds. The molecule has 5 heteroatoms. The zero-order valence-corrected chi connectivity index (χ0v) is 20.0. The number of ether oxygens (including phenoxy) is 2. The molecule has 184 valence electrons. The number of nitrogens with two attached hydrogens (primary N) is 1. The lowest BCUT2D eigenvalue weighted by Gasteiger charge is -2.37. The largest absolute Gasteiger partial charge is 0.396 e. The number of aliphatic hydroxyl groups is 1. The average Bonchev–Trinajstić information content (AvgIpc) is 3.27. The van der Waals surface area contributed by atoms with Crippen LogP contribution in [0, 0.1) is 11.7 Å². The van der Waals surface area contributed by atoms with Crippen LogP contribution >= 0.6 is 0 Å². The standard InChI is InChI=1S/C31H30FNO3/c32-28-19-11-10-18-26(28)30(33)22-35-29(27(30)20-34)21-36-31(23-12-4-1-5-13-23,24-14-6-2-7-15-24)25-16-8-3-9-17-25/h1-19,27,29,34H,20-22,33H2/t27?,29-,30-/m1/s1. The van der Waals surface area contributed by atoms with E-state index >= 15 is 0 Å². The first-order chi connectivity index (χ1) is 17.6. The molecule has 4 aromatic rings. The summed E-state index contributed by atoms with van der Waals surface area (Å²) in [5, 5.41) is 10.4. The fourth-order valence-electron chi connectivity index (χ4n) is 5.34. The molecule has 0 bridgehead atoms. The van der Waals surface area contributed by atoms with E-state index in [1.807, 2.05) is 91.0 Å². The lowest BCUT2D eigenvalue weighted by Crippen LogP contribution is -2.48. The Kier molecular flexibility index (Phi) is 6.99. The third-order valence-corrected chi connectivity index (χ3v) is 7.22. The van der Waals surface area contributed by atoms with E-state index in [0.717, 1.165) is 16.7 Å². The summed E-state index contributed by atoms with van der Waals surface area (Å²) < 4.78 is 27.7. The highest BCUT2D eigenvalue weighted by Crippen LogP contribution is 2.43. The number of halogens is 1. The van der Waals surface area contributed by atoms with Gasteiger partial charge in [0.15, 0.2) is 0 Å². The third-order valence-electron chi connectivity index (χ3n) is 7.22. The van der Waals surface area contributed by atoms with Crippen LogP contribution in [0.4, 0.5) is 4.39 Å². The minimum atomic E-state index is -1.16. The van der Waals surface area contributed by atoms with E-state index in [1.165, 1.54) is 6.07 Å². The highest BCUT2D eigenvalue weighted by Gasteiger charge is 2.50. The molecule has 4 nitrogen and oxygen atoms in total. The third kappa shape index (κ3) is 4.25. The highest BCUT2D eigenvalue weighted by atomic mass is 19.1. The van der Waals surface area contributed by atoms with Crippen molar-refractivity contribution in [2.75, 3.05) is 19.8 Å². The molecule has 0 aliphatic carbocycles. The second-order valence-electron chi connectivity index (χ2n) is 9.25. The van der Waals surface area contributed by atoms with E-state index in [0.29, 0.717) is 5.56 Å². The van der Waals surface area contributed by atoms with Gasteiger partial charge in [-0.3, -0.25) is 0 Å². The number of hydrogen-bond donors (Lipinski definition) is 2. The number of rotatable bonds is 8. The summed E-state index contributed by atoms with van der Waals surface area (Å²) in [7, 11) is 0. The van der Waals surface area contributed by atoms with E-state index in [1.54, 1.807) is 18.2 Å². The molecular formula is C31H30FNO3. The summed E-state index contributed by atoms with van der Waals surface area (Å²) in [5.41, 5.74) is 7.87. The van der Waals surface area contributed by atoms with Crippen molar-refractivity contribution >= 4 is 0 Å². The summed E-state index contributed by atoms with van der Waals surface area (Å²) in [6.45, 7) is -0.0205. The lowest BCUT2D eigenvalue weighted by molar-refractivity contribution is -0.0603. The van der Waals surface area contributed by atoms with Crippen molar-refractivity contribution in [1.82, 2.24) is 0 Å². The van der Waals surface area contributed by atoms with Crippen LogP contribution in [0.25, 0.3) is 0 Å². The number of benzene rings is 4. The molecule has 3 N–H and O–H groups in total. The topological polar surface area (TPSA) is 64.7 Å². The Labute approximate surface area is 211 Å². The zero-order valence-electron chi connectivity index (χ0n) is 20.0. The summed E-state index contributed by atoms with van der Waals surface area (Å²) in [6.07, 6.45) is -0.532. The summed E-state index contributed by atoms with van der Waals surface area (Å²) in [5.74, 6) is -0.953. The van der Waals surface area contributed by atoms with Crippen LogP contribution in [0.2, 0.25) is 0 Å². The first kappa shape index (κ1) is 24.3. The second kappa shape index (κ2) is 10.3. The van der Waals surface area contributed by atoms with E-state index in [4.69, 9.17) is 15.2 Å². The van der Waals surface area contributed by atoms with Gasteiger partial charge in [-0.05, 0) is 22.8 Å². The van der Waals surface area contributed by atoms with Gasteiger partial charge >= 0.3 is 0 Å². The predicted octanol–water partition coefficient (Wildman–Crippen LogP) is 5.00. The van der Waals surface area contributed by atoms with Crippen molar-refractivity contribution in [2.24, 2.45) is 11.7 Å². The molecule has 1 heterocycles. The lowest BCUT2D eigenvalue weighted by atomic mass is 9.78. The van der Waals surface area contributed by atoms with Gasteiger partial charge < -0.3 is 20.3 Å². The molecule has 4 aromatic carbocycles. The zero-order chi connectivity index (χ0) is 25.0. The monoisotopic (exact) mass is 483 g/mol. The molecule has 0 spiro atoms. The summed E-state index contributed by atoms with van der Waals surface area (Å²) in [6, 6.07) is 36.6. The maximum absolute atomic E-state index is 14.7. The van der Waals surface area contributed by atoms with Gasteiger partial charge in [0.25, 0.3) is 0 Å². The Bertz CT molecular complexity index is 1170. The normalized spacial score (nSPS) is 22.0. The van der Waals surface area contributed by atoms with Gasteiger partial charge in [0.2, 0.25) is 0 Å². The Morgan fingerprint density at radius 1 is 0.806 bits per heavy atom. The van der Waals surface area contributed by atoms with Gasteiger partial charge in [0.05, 0.1) is 31.5 Å². The minimum Gasteiger partial charge on any atom is -0.396 e. The van der Waals surface area contributed by atoms with Crippen LogP contribution in [-0.4, -0.2) is 31.0 Å². The van der Waals surface area contributed by atoms with Gasteiger partial charge in [0, 0.05) is 11.5 Å². The molecule has 3 atom stereocenters. The first-order valence-electron chi connectivity index (χ1n) is 12.2. The van der Waals surface area contributed by atoms with Crippen LogP contribution in [0.15, 0.2) is 115 Å². The molecule has 36 heavy (non-hydrogen) atoms. The maximum atomic E-state index is 14.7. The average molecular weight is 484 g/mol. The van der Waals surface area contributed by atoms with E-state index in [-0.39, 0.29) is 19.8 Å². The van der Waals surface area contributed by atoms with Crippen molar-refractivity contribution < 1.29 is 19.0 Å². The highest BCUT2D eigenvalue weighted by molar-refractivity contribution is 5.47. The van der Waals surface area contributed by atoms with Crippen LogP contribution in [-0.2, 0) is 20.6 Å². The number of aliphatic hydroxyl groups excluding tert-OH is 1. The Morgan fingerprint density at radius 2 is 1.28 bits per heavy atom. The first-order valence-corrected chi connectivity index (χ1v) is 12.2. The van der Waals surface area contributed by atoms with Gasteiger partial charge in [-0.2, -0.15) is 0 Å². The fraction of sp³-hybridized carbons (Fsp3) is 0.226. The number of hydrogen-bond acceptors (Lipinski definition) is 4. The Balaban J connectivity index is 1.55. The molecule has 0 aromatic heterocycles. The van der Waals surface area contributed by atoms with Crippen LogP contribution in [0.5, 0.6) is 0 Å². The molecule has 1 fully saturated rings. The van der Waals surface area contributed by atoms with E-state index in [9.17, 15) is 9.50 Å². The van der Waals surface area contributed by atoms with Crippen molar-refractivity contribution in [3.8, 4) is 0 Å². The summed E-state index contributed by atoms with van der Waals surface area (Å²) in [4.78, 5) is 0.